The van der Waals surface area contributed by atoms with Crippen molar-refractivity contribution in [3.8, 4) is 0 Å². The van der Waals surface area contributed by atoms with Gasteiger partial charge in [0.2, 0.25) is 11.8 Å². The number of hydrogen-bond donors (Lipinski definition) is 1. The molecule has 0 spiro atoms. The average Bonchev–Trinajstić information content (AvgIpc) is 2.70. The van der Waals surface area contributed by atoms with Gasteiger partial charge in [-0.15, -0.1) is 11.8 Å². The minimum absolute atomic E-state index is 0.0541. The fraction of sp³-hybridized carbons (Fsp3) is 0.391. The molecule has 0 radical (unpaired) electrons. The second kappa shape index (κ2) is 11.9. The number of carbonyl (C=O) groups is 2. The van der Waals surface area contributed by atoms with E-state index in [0.717, 1.165) is 11.3 Å². The molecule has 2 aromatic carbocycles. The van der Waals surface area contributed by atoms with Crippen LogP contribution in [-0.2, 0) is 21.9 Å². The van der Waals surface area contributed by atoms with E-state index in [1.807, 2.05) is 44.2 Å². The van der Waals surface area contributed by atoms with E-state index in [4.69, 9.17) is 11.6 Å². The Balaban J connectivity index is 2.14. The molecule has 0 heterocycles. The number of hydrogen-bond acceptors (Lipinski definition) is 3. The van der Waals surface area contributed by atoms with Crippen LogP contribution in [0.5, 0.6) is 0 Å². The molecular weight excluding hydrogens is 404 g/mol. The molecule has 2 amide bonds. The summed E-state index contributed by atoms with van der Waals surface area (Å²) in [7, 11) is 0. The summed E-state index contributed by atoms with van der Waals surface area (Å²) >= 11 is 7.89. The average molecular weight is 433 g/mol. The Hall–Kier alpha value is -1.98. The van der Waals surface area contributed by atoms with Gasteiger partial charge in [0.15, 0.2) is 0 Å². The lowest BCUT2D eigenvalue weighted by Crippen LogP contribution is -2.49. The van der Waals surface area contributed by atoms with Crippen LogP contribution in [-0.4, -0.2) is 35.1 Å². The number of aryl methyl sites for hydroxylation is 1. The molecule has 156 valence electrons. The molecule has 2 aromatic rings. The summed E-state index contributed by atoms with van der Waals surface area (Å²) in [5.41, 5.74) is 3.28. The smallest absolute Gasteiger partial charge is 0.242 e. The van der Waals surface area contributed by atoms with Crippen LogP contribution in [0.2, 0.25) is 5.02 Å². The molecule has 0 aliphatic carbocycles. The second-order valence-corrected chi connectivity index (χ2v) is 8.24. The van der Waals surface area contributed by atoms with Crippen LogP contribution < -0.4 is 5.32 Å². The third-order valence-electron chi connectivity index (χ3n) is 4.78. The fourth-order valence-electron chi connectivity index (χ4n) is 3.12. The maximum Gasteiger partial charge on any atom is 0.242 e. The summed E-state index contributed by atoms with van der Waals surface area (Å²) in [4.78, 5) is 27.4. The van der Waals surface area contributed by atoms with Crippen LogP contribution in [0.1, 0.15) is 37.0 Å². The lowest BCUT2D eigenvalue weighted by atomic mass is 10.1. The molecule has 1 atom stereocenters. The third-order valence-corrected chi connectivity index (χ3v) is 6.11. The van der Waals surface area contributed by atoms with Gasteiger partial charge in [-0.2, -0.15) is 0 Å². The fourth-order valence-corrected chi connectivity index (χ4v) is 4.31. The second-order valence-electron chi connectivity index (χ2n) is 6.85. The van der Waals surface area contributed by atoms with Gasteiger partial charge in [-0.3, -0.25) is 9.59 Å². The van der Waals surface area contributed by atoms with Crippen molar-refractivity contribution >= 4 is 35.2 Å². The van der Waals surface area contributed by atoms with E-state index in [2.05, 4.69) is 24.4 Å². The molecule has 2 rings (SSSR count). The van der Waals surface area contributed by atoms with E-state index in [9.17, 15) is 9.59 Å². The SMILES string of the molecule is CCNC(=O)[C@@H](CC)N(Cc1ccccc1Cl)C(=O)CSCc1ccccc1C. The Kier molecular flexibility index (Phi) is 9.55. The Morgan fingerprint density at radius 3 is 2.34 bits per heavy atom. The maximum absolute atomic E-state index is 13.1. The summed E-state index contributed by atoms with van der Waals surface area (Å²) < 4.78 is 0. The van der Waals surface area contributed by atoms with Gasteiger partial charge in [0.05, 0.1) is 5.75 Å². The van der Waals surface area contributed by atoms with Gasteiger partial charge in [0, 0.05) is 23.9 Å². The molecule has 0 fully saturated rings. The molecule has 0 unspecified atom stereocenters. The molecule has 0 saturated heterocycles. The van der Waals surface area contributed by atoms with E-state index in [1.54, 1.807) is 22.7 Å². The minimum Gasteiger partial charge on any atom is -0.355 e. The van der Waals surface area contributed by atoms with Crippen molar-refractivity contribution in [3.63, 3.8) is 0 Å². The van der Waals surface area contributed by atoms with Gasteiger partial charge < -0.3 is 10.2 Å². The number of carbonyl (C=O) groups excluding carboxylic acids is 2. The number of amides is 2. The molecule has 6 heteroatoms. The molecular formula is C23H29ClN2O2S. The number of likely N-dealkylation sites (N-methyl/N-ethyl adjacent to an activating group) is 1. The van der Waals surface area contributed by atoms with Gasteiger partial charge in [-0.1, -0.05) is 61.0 Å². The van der Waals surface area contributed by atoms with Crippen LogP contribution in [0.4, 0.5) is 0 Å². The van der Waals surface area contributed by atoms with Gasteiger partial charge in [-0.25, -0.2) is 0 Å². The Bertz CT molecular complexity index is 828. The number of nitrogens with zero attached hydrogens (tertiary/aromatic N) is 1. The van der Waals surface area contributed by atoms with E-state index < -0.39 is 6.04 Å². The van der Waals surface area contributed by atoms with E-state index in [0.29, 0.717) is 30.3 Å². The standard InChI is InChI=1S/C23H29ClN2O2S/c1-4-21(23(28)25-5-2)26(14-18-11-8-9-13-20(18)24)22(27)16-29-15-19-12-7-6-10-17(19)3/h6-13,21H,4-5,14-16H2,1-3H3,(H,25,28)/t21-/m1/s1. The highest BCUT2D eigenvalue weighted by molar-refractivity contribution is 7.99. The Morgan fingerprint density at radius 1 is 1.07 bits per heavy atom. The zero-order valence-corrected chi connectivity index (χ0v) is 18.9. The summed E-state index contributed by atoms with van der Waals surface area (Å²) in [5.74, 6) is 0.895. The first-order valence-corrected chi connectivity index (χ1v) is 11.4. The number of benzene rings is 2. The lowest BCUT2D eigenvalue weighted by molar-refractivity contribution is -0.139. The topological polar surface area (TPSA) is 49.4 Å². The van der Waals surface area contributed by atoms with Crippen molar-refractivity contribution in [2.75, 3.05) is 12.3 Å². The zero-order chi connectivity index (χ0) is 21.2. The largest absolute Gasteiger partial charge is 0.355 e. The molecule has 0 bridgehead atoms. The Morgan fingerprint density at radius 2 is 1.72 bits per heavy atom. The number of halogens is 1. The molecule has 1 N–H and O–H groups in total. The van der Waals surface area contributed by atoms with E-state index in [1.165, 1.54) is 11.1 Å². The molecule has 0 aliphatic heterocycles. The summed E-state index contributed by atoms with van der Waals surface area (Å²) in [6.07, 6.45) is 0.546. The lowest BCUT2D eigenvalue weighted by Gasteiger charge is -2.30. The Labute approximate surface area is 183 Å². The predicted molar refractivity (Wildman–Crippen MR) is 122 cm³/mol. The van der Waals surface area contributed by atoms with Crippen LogP contribution in [0, 0.1) is 6.92 Å². The highest BCUT2D eigenvalue weighted by Gasteiger charge is 2.28. The van der Waals surface area contributed by atoms with Crippen molar-refractivity contribution in [1.29, 1.82) is 0 Å². The van der Waals surface area contributed by atoms with Gasteiger partial charge >= 0.3 is 0 Å². The van der Waals surface area contributed by atoms with Crippen molar-refractivity contribution in [1.82, 2.24) is 10.2 Å². The van der Waals surface area contributed by atoms with Crippen molar-refractivity contribution in [2.45, 2.75) is 45.5 Å². The molecule has 4 nitrogen and oxygen atoms in total. The summed E-state index contributed by atoms with van der Waals surface area (Å²) in [5, 5.41) is 3.45. The van der Waals surface area contributed by atoms with Crippen LogP contribution >= 0.6 is 23.4 Å². The van der Waals surface area contributed by atoms with Crippen molar-refractivity contribution in [2.24, 2.45) is 0 Å². The summed E-state index contributed by atoms with van der Waals surface area (Å²) in [6, 6.07) is 15.1. The highest BCUT2D eigenvalue weighted by Crippen LogP contribution is 2.22. The quantitative estimate of drug-likeness (QED) is 0.585. The van der Waals surface area contributed by atoms with Crippen LogP contribution in [0.3, 0.4) is 0 Å². The minimum atomic E-state index is -0.516. The first kappa shape index (κ1) is 23.3. The van der Waals surface area contributed by atoms with Gasteiger partial charge in [-0.05, 0) is 43.0 Å². The van der Waals surface area contributed by atoms with Gasteiger partial charge in [0.1, 0.15) is 6.04 Å². The van der Waals surface area contributed by atoms with Gasteiger partial charge in [0.25, 0.3) is 0 Å². The zero-order valence-electron chi connectivity index (χ0n) is 17.3. The molecule has 0 saturated carbocycles. The van der Waals surface area contributed by atoms with Crippen LogP contribution in [0.25, 0.3) is 0 Å². The van der Waals surface area contributed by atoms with E-state index in [-0.39, 0.29) is 11.8 Å². The number of nitrogens with one attached hydrogen (secondary N) is 1. The van der Waals surface area contributed by atoms with Crippen molar-refractivity contribution in [3.05, 3.63) is 70.2 Å². The number of rotatable bonds is 10. The third kappa shape index (κ3) is 6.79. The predicted octanol–water partition coefficient (Wildman–Crippen LogP) is 4.83. The van der Waals surface area contributed by atoms with E-state index >= 15 is 0 Å². The molecule has 0 aliphatic rings. The number of thioether (sulfide) groups is 1. The first-order chi connectivity index (χ1) is 14.0. The van der Waals surface area contributed by atoms with Crippen LogP contribution in [0.15, 0.2) is 48.5 Å². The summed E-state index contributed by atoms with van der Waals surface area (Å²) in [6.45, 7) is 6.73. The van der Waals surface area contributed by atoms with Crippen molar-refractivity contribution < 1.29 is 9.59 Å². The highest BCUT2D eigenvalue weighted by atomic mass is 35.5. The normalized spacial score (nSPS) is 11.7. The maximum atomic E-state index is 13.1. The molecule has 0 aromatic heterocycles. The monoisotopic (exact) mass is 432 g/mol. The first-order valence-electron chi connectivity index (χ1n) is 9.90. The molecule has 29 heavy (non-hydrogen) atoms.